The Kier molecular flexibility index (Phi) is 32.9. The van der Waals surface area contributed by atoms with Gasteiger partial charge in [0.2, 0.25) is 23.6 Å². The summed E-state index contributed by atoms with van der Waals surface area (Å²) < 4.78 is 71.9. The molecule has 0 aromatic heterocycles. The van der Waals surface area contributed by atoms with Crippen LogP contribution in [0.25, 0.3) is 0 Å². The van der Waals surface area contributed by atoms with Crippen molar-refractivity contribution in [3.8, 4) is 17.6 Å². The van der Waals surface area contributed by atoms with Gasteiger partial charge >= 0.3 is 0 Å². The van der Waals surface area contributed by atoms with Gasteiger partial charge in [-0.2, -0.15) is 0 Å². The maximum absolute atomic E-state index is 13.9. The molecule has 0 bridgehead atoms. The first-order chi connectivity index (χ1) is 46.6. The summed E-state index contributed by atoms with van der Waals surface area (Å²) in [6.07, 6.45) is -38.0. The third-order valence-electron chi connectivity index (χ3n) is 17.1. The number of aliphatic hydroxyl groups is 13. The standard InChI is InChI=1S/C62H100N6O30/c1-8-9-10-11-12-13-14-15-16-20-88-33-19-17-18-32(21-33)57(86)68-39-45(79)44(78)34(22-69)91-58(39)95-52-35(23-70)92-59(40(46(52)80)64-28(3)73)96-53-36(24-71)93-60(41(47(53)81)65-29(4)74)97-54-37(25-72)94-61(42(48(54)82)66-30(5)75)98-55(51(85)56(63)67-31(6)76)38(87-7)26-89-62-50(84)49(83)43(77)27(2)90-62/h17-19,21,27,34-56,58-62,69-72,77-85H,8-12,15-16,20,22-26,63H2,1-7H3,(H,64,73)(H,65,74)(H,66,75)(H,67,76)(H,68,86)/t27?,34?,35?,36?,37?,38?,39-,40?,41-,42?,43?,44+,45?,46?,47+,48?,49?,50?,51-,52+,53?,54+,55?,56-,58?,59?,60-,61-,62+/m0/s1. The van der Waals surface area contributed by atoms with E-state index in [0.29, 0.717) is 18.6 Å². The monoisotopic (exact) mass is 1410 g/mol. The molecule has 18 unspecified atom stereocenters. The van der Waals surface area contributed by atoms with E-state index in [9.17, 15) is 90.4 Å². The number of hydrogen-bond donors (Lipinski definition) is 19. The number of aliphatic hydroxyl groups excluding tert-OH is 13. The Bertz CT molecular complexity index is 2720. The fourth-order valence-electron chi connectivity index (χ4n) is 11.9. The van der Waals surface area contributed by atoms with Gasteiger partial charge in [-0.3, -0.25) is 24.0 Å². The van der Waals surface area contributed by atoms with Gasteiger partial charge in [0.05, 0.1) is 45.7 Å². The first-order valence-electron chi connectivity index (χ1n) is 32.6. The average Bonchev–Trinajstić information content (AvgIpc) is 0.771. The smallest absolute Gasteiger partial charge is 0.251 e. The summed E-state index contributed by atoms with van der Waals surface area (Å²) in [5.74, 6) is 2.59. The van der Waals surface area contributed by atoms with E-state index in [1.54, 1.807) is 12.1 Å². The predicted molar refractivity (Wildman–Crippen MR) is 331 cm³/mol. The summed E-state index contributed by atoms with van der Waals surface area (Å²) >= 11 is 0. The fourth-order valence-corrected chi connectivity index (χ4v) is 11.9. The van der Waals surface area contributed by atoms with Gasteiger partial charge in [-0.15, -0.1) is 11.8 Å². The number of ether oxygens (including phenoxy) is 12. The van der Waals surface area contributed by atoms with Gasteiger partial charge in [-0.25, -0.2) is 0 Å². The molecule has 36 nitrogen and oxygen atoms in total. The number of rotatable bonds is 33. The quantitative estimate of drug-likeness (QED) is 0.0177. The minimum absolute atomic E-state index is 0.0330. The molecular weight excluding hydrogens is 1310 g/mol. The van der Waals surface area contributed by atoms with Gasteiger partial charge in [-0.05, 0) is 38.0 Å². The third kappa shape index (κ3) is 21.7. The molecule has 5 aliphatic rings. The third-order valence-corrected chi connectivity index (χ3v) is 17.1. The van der Waals surface area contributed by atoms with Crippen LogP contribution in [-0.2, 0) is 71.3 Å². The molecule has 1 aromatic rings. The number of nitrogens with one attached hydrogen (secondary N) is 5. The zero-order valence-corrected chi connectivity index (χ0v) is 55.6. The second kappa shape index (κ2) is 39.4. The molecule has 20 N–H and O–H groups in total. The molecule has 5 amide bonds. The number of carbonyl (C=O) groups excluding carboxylic acids is 5. The Morgan fingerprint density at radius 2 is 1.04 bits per heavy atom. The zero-order valence-electron chi connectivity index (χ0n) is 55.6. The van der Waals surface area contributed by atoms with Crippen molar-refractivity contribution in [2.75, 3.05) is 46.8 Å². The van der Waals surface area contributed by atoms with Crippen LogP contribution >= 0.6 is 0 Å². The van der Waals surface area contributed by atoms with E-state index in [1.807, 2.05) is 0 Å². The van der Waals surface area contributed by atoms with Crippen LogP contribution in [0.3, 0.4) is 0 Å². The molecule has 6 rings (SSSR count). The molecule has 5 fully saturated rings. The Morgan fingerprint density at radius 3 is 1.52 bits per heavy atom. The van der Waals surface area contributed by atoms with E-state index in [1.165, 1.54) is 19.1 Å². The van der Waals surface area contributed by atoms with Crippen molar-refractivity contribution in [2.45, 2.75) is 264 Å². The highest BCUT2D eigenvalue weighted by atomic mass is 16.8. The summed E-state index contributed by atoms with van der Waals surface area (Å²) in [7, 11) is 1.13. The van der Waals surface area contributed by atoms with Crippen molar-refractivity contribution in [3.63, 3.8) is 0 Å². The molecule has 98 heavy (non-hydrogen) atoms. The van der Waals surface area contributed by atoms with Crippen molar-refractivity contribution in [2.24, 2.45) is 5.73 Å². The summed E-state index contributed by atoms with van der Waals surface area (Å²) in [6, 6.07) is -0.955. The fraction of sp³-hybridized carbons (Fsp3) is 0.790. The number of benzene rings is 1. The Balaban J connectivity index is 1.20. The van der Waals surface area contributed by atoms with Crippen LogP contribution in [0.5, 0.6) is 5.75 Å². The normalized spacial score (nSPS) is 36.2. The van der Waals surface area contributed by atoms with Gasteiger partial charge in [0.25, 0.3) is 5.91 Å². The highest BCUT2D eigenvalue weighted by molar-refractivity contribution is 5.94. The predicted octanol–water partition coefficient (Wildman–Crippen LogP) is -7.71. The maximum Gasteiger partial charge on any atom is 0.251 e. The second-order valence-electron chi connectivity index (χ2n) is 24.6. The Labute approximate surface area is 565 Å². The minimum Gasteiger partial charge on any atom is -0.494 e. The number of unbranched alkanes of at least 4 members (excludes halogenated alkanes) is 5. The largest absolute Gasteiger partial charge is 0.494 e. The topological polar surface area (TPSA) is 545 Å². The van der Waals surface area contributed by atoms with Crippen LogP contribution < -0.4 is 37.1 Å². The SMILES string of the molecule is CCCCCCC#CCCCOc1cccc(C(=O)N[C@@H]2C(O[C@@H]3C(CO)OC(OC4C(CO)O[C@@H](O[C@@H]5C(CO)O[C@@H](OC(C(CO[C@@H]6OC(C)C(O)C(O)C6O)OC)[C@H](O)[C@@H](N)NC(C)=O)C(NC(C)=O)C5O)[C@@H](NC(C)=O)[C@H]4O)C(NC(C)=O)C3O)OC(CO)[C@@H](O)C2O)c1. The van der Waals surface area contributed by atoms with Crippen LogP contribution in [0.1, 0.15) is 96.8 Å². The molecule has 36 heteroatoms. The van der Waals surface area contributed by atoms with E-state index in [2.05, 4.69) is 45.3 Å². The first kappa shape index (κ1) is 81.9. The van der Waals surface area contributed by atoms with Gasteiger partial charge in [-0.1, -0.05) is 32.3 Å². The van der Waals surface area contributed by atoms with Gasteiger partial charge < -0.3 is 156 Å². The summed E-state index contributed by atoms with van der Waals surface area (Å²) in [5, 5.41) is 157. The molecule has 0 aliphatic carbocycles. The Morgan fingerprint density at radius 1 is 0.561 bits per heavy atom. The molecule has 0 spiro atoms. The van der Waals surface area contributed by atoms with Crippen LogP contribution in [0.2, 0.25) is 0 Å². The number of carbonyl (C=O) groups is 5. The number of nitrogens with two attached hydrogens (primary N) is 1. The van der Waals surface area contributed by atoms with Gasteiger partial charge in [0, 0.05) is 53.2 Å². The maximum atomic E-state index is 13.9. The van der Waals surface area contributed by atoms with Gasteiger partial charge in [0.1, 0.15) is 146 Å². The lowest BCUT2D eigenvalue weighted by Gasteiger charge is -2.51. The van der Waals surface area contributed by atoms with E-state index in [0.717, 1.165) is 66.9 Å². The molecule has 5 saturated heterocycles. The number of amides is 5. The summed E-state index contributed by atoms with van der Waals surface area (Å²) in [4.78, 5) is 64.9. The molecule has 29 atom stereocenters. The number of methoxy groups -OCH3 is 1. The molecule has 1 aromatic carbocycles. The Hall–Kier alpha value is -5.07. The van der Waals surface area contributed by atoms with Crippen molar-refractivity contribution in [3.05, 3.63) is 29.8 Å². The number of hydrogen-bond acceptors (Lipinski definition) is 31. The van der Waals surface area contributed by atoms with Crippen molar-refractivity contribution in [1.82, 2.24) is 26.6 Å². The van der Waals surface area contributed by atoms with E-state index in [4.69, 9.17) is 62.6 Å². The molecule has 0 radical (unpaired) electrons. The molecule has 558 valence electrons. The van der Waals surface area contributed by atoms with E-state index >= 15 is 0 Å². The van der Waals surface area contributed by atoms with E-state index < -0.39 is 240 Å². The first-order valence-corrected chi connectivity index (χ1v) is 32.6. The van der Waals surface area contributed by atoms with Crippen molar-refractivity contribution < 1.29 is 147 Å². The zero-order chi connectivity index (χ0) is 72.2. The summed E-state index contributed by atoms with van der Waals surface area (Å²) in [6.45, 7) is 3.34. The molecule has 5 heterocycles. The van der Waals surface area contributed by atoms with E-state index in [-0.39, 0.29) is 12.2 Å². The molecule has 0 saturated carbocycles. The van der Waals surface area contributed by atoms with Crippen molar-refractivity contribution in [1.29, 1.82) is 0 Å². The van der Waals surface area contributed by atoms with Gasteiger partial charge in [0.15, 0.2) is 31.5 Å². The summed E-state index contributed by atoms with van der Waals surface area (Å²) in [5.41, 5.74) is 6.20. The van der Waals surface area contributed by atoms with Crippen LogP contribution in [0, 0.1) is 11.8 Å². The van der Waals surface area contributed by atoms with Crippen LogP contribution in [0.15, 0.2) is 24.3 Å². The average molecular weight is 1410 g/mol. The lowest BCUT2D eigenvalue weighted by atomic mass is 9.93. The van der Waals surface area contributed by atoms with Crippen molar-refractivity contribution >= 4 is 29.5 Å². The molecule has 5 aliphatic heterocycles. The lowest BCUT2D eigenvalue weighted by Crippen LogP contribution is -2.72. The molecular formula is C62H100N6O30. The highest BCUT2D eigenvalue weighted by Gasteiger charge is 2.57. The second-order valence-corrected chi connectivity index (χ2v) is 24.6. The van der Waals surface area contributed by atoms with Crippen LogP contribution in [-0.4, -0.2) is 320 Å². The lowest BCUT2D eigenvalue weighted by molar-refractivity contribution is -0.365. The highest BCUT2D eigenvalue weighted by Crippen LogP contribution is 2.36. The van der Waals surface area contributed by atoms with Crippen LogP contribution in [0.4, 0.5) is 0 Å². The minimum atomic E-state index is -2.07.